The third kappa shape index (κ3) is 6.91. The van der Waals surface area contributed by atoms with Gasteiger partial charge in [0.15, 0.2) is 0 Å². The number of anilines is 1. The Hall–Kier alpha value is -3.84. The Kier molecular flexibility index (Phi) is 8.09. The fraction of sp³-hybridized carbons (Fsp3) is 0.357. The predicted molar refractivity (Wildman–Crippen MR) is 153 cm³/mol. The van der Waals surface area contributed by atoms with Crippen molar-refractivity contribution in [1.82, 2.24) is 9.71 Å². The van der Waals surface area contributed by atoms with Crippen LogP contribution >= 0.6 is 0 Å². The molecule has 13 heteroatoms. The van der Waals surface area contributed by atoms with E-state index in [1.807, 2.05) is 35.9 Å². The zero-order chi connectivity index (χ0) is 29.2. The molecule has 0 spiro atoms. The first kappa shape index (κ1) is 28.7. The molecule has 1 aromatic heterocycles. The molecule has 1 saturated heterocycles. The average molecular weight is 602 g/mol. The molecule has 1 unspecified atom stereocenters. The van der Waals surface area contributed by atoms with Gasteiger partial charge < -0.3 is 14.2 Å². The molecule has 1 amide bonds. The quantitative estimate of drug-likeness (QED) is 0.367. The number of carbonyl (C=O) groups excluding carboxylic acids is 1. The van der Waals surface area contributed by atoms with Crippen LogP contribution in [0.4, 0.5) is 5.69 Å². The van der Waals surface area contributed by atoms with Crippen molar-refractivity contribution in [2.75, 3.05) is 36.1 Å². The van der Waals surface area contributed by atoms with Crippen molar-refractivity contribution >= 4 is 31.6 Å². The van der Waals surface area contributed by atoms with Gasteiger partial charge in [0.2, 0.25) is 5.88 Å². The standard InChI is InChI=1S/C28H31N3O8S2/c1-19-24(11-12-27(29-19)37-14-4-16-40(2,33)34)25-6-3-5-20-17-23(13-15-38-28(20)25)39-22-9-7-21(8-10-22)31-18-26(32)30-41(31,35)36/h3,5-12,23H,4,13-18H2,1-2H3,(H,30,32). The van der Waals surface area contributed by atoms with Gasteiger partial charge in [-0.15, -0.1) is 0 Å². The Morgan fingerprint density at radius 2 is 1.88 bits per heavy atom. The van der Waals surface area contributed by atoms with Crippen molar-refractivity contribution in [3.05, 3.63) is 65.9 Å². The van der Waals surface area contributed by atoms with E-state index >= 15 is 0 Å². The van der Waals surface area contributed by atoms with Crippen molar-refractivity contribution in [1.29, 1.82) is 0 Å². The van der Waals surface area contributed by atoms with Crippen molar-refractivity contribution < 1.29 is 35.8 Å². The van der Waals surface area contributed by atoms with E-state index < -0.39 is 26.0 Å². The van der Waals surface area contributed by atoms with E-state index in [2.05, 4.69) is 4.98 Å². The lowest BCUT2D eigenvalue weighted by molar-refractivity contribution is -0.117. The lowest BCUT2D eigenvalue weighted by Crippen LogP contribution is -2.29. The highest BCUT2D eigenvalue weighted by molar-refractivity contribution is 7.92. The fourth-order valence-electron chi connectivity index (χ4n) is 4.83. The van der Waals surface area contributed by atoms with Gasteiger partial charge in [0, 0.05) is 42.0 Å². The smallest absolute Gasteiger partial charge is 0.326 e. The number of nitrogens with one attached hydrogen (secondary N) is 1. The molecule has 0 saturated carbocycles. The van der Waals surface area contributed by atoms with E-state index in [1.54, 1.807) is 30.3 Å². The Labute approximate surface area is 239 Å². The number of para-hydroxylation sites is 1. The summed E-state index contributed by atoms with van der Waals surface area (Å²) in [5.74, 6) is 1.29. The van der Waals surface area contributed by atoms with E-state index in [4.69, 9.17) is 14.2 Å². The summed E-state index contributed by atoms with van der Waals surface area (Å²) >= 11 is 0. The maximum absolute atomic E-state index is 12.1. The van der Waals surface area contributed by atoms with Crippen molar-refractivity contribution in [2.24, 2.45) is 0 Å². The number of aryl methyl sites for hydroxylation is 1. The molecular weight excluding hydrogens is 570 g/mol. The summed E-state index contributed by atoms with van der Waals surface area (Å²) in [6.45, 7) is 2.35. The topological polar surface area (TPSA) is 141 Å². The zero-order valence-corrected chi connectivity index (χ0v) is 24.3. The van der Waals surface area contributed by atoms with Crippen molar-refractivity contribution in [3.8, 4) is 28.5 Å². The molecule has 218 valence electrons. The second-order valence-corrected chi connectivity index (χ2v) is 13.9. The Bertz CT molecular complexity index is 1660. The number of hydrogen-bond acceptors (Lipinski definition) is 9. The number of aromatic nitrogens is 1. The molecule has 2 aromatic carbocycles. The van der Waals surface area contributed by atoms with Crippen LogP contribution < -0.4 is 23.2 Å². The van der Waals surface area contributed by atoms with E-state index in [1.165, 1.54) is 6.26 Å². The molecule has 0 aliphatic carbocycles. The van der Waals surface area contributed by atoms with Crippen molar-refractivity contribution in [3.63, 3.8) is 0 Å². The first-order valence-corrected chi connectivity index (χ1v) is 16.6. The molecule has 3 heterocycles. The molecular formula is C28H31N3O8S2. The van der Waals surface area contributed by atoms with Gasteiger partial charge in [-0.1, -0.05) is 18.2 Å². The summed E-state index contributed by atoms with van der Waals surface area (Å²) in [7, 11) is -6.90. The summed E-state index contributed by atoms with van der Waals surface area (Å²) in [6.07, 6.45) is 2.69. The van der Waals surface area contributed by atoms with Crippen LogP contribution in [-0.2, 0) is 31.3 Å². The molecule has 1 N–H and O–H groups in total. The van der Waals surface area contributed by atoms with Gasteiger partial charge in [-0.3, -0.25) is 4.79 Å². The number of ether oxygens (including phenoxy) is 3. The minimum absolute atomic E-state index is 0.0659. The third-order valence-corrected chi connectivity index (χ3v) is 9.17. The average Bonchev–Trinajstić information content (AvgIpc) is 3.05. The van der Waals surface area contributed by atoms with Gasteiger partial charge in [0.1, 0.15) is 34.0 Å². The normalized spacial score (nSPS) is 18.1. The number of pyridine rings is 1. The summed E-state index contributed by atoms with van der Waals surface area (Å²) < 4.78 is 67.9. The number of carbonyl (C=O) groups is 1. The number of hydrogen-bond donors (Lipinski definition) is 1. The molecule has 1 fully saturated rings. The highest BCUT2D eigenvalue weighted by Crippen LogP contribution is 2.38. The van der Waals surface area contributed by atoms with Gasteiger partial charge in [0.05, 0.1) is 24.7 Å². The third-order valence-electron chi connectivity index (χ3n) is 6.74. The second kappa shape index (κ2) is 11.6. The van der Waals surface area contributed by atoms with Crippen LogP contribution in [0.2, 0.25) is 0 Å². The summed E-state index contributed by atoms with van der Waals surface area (Å²) in [4.78, 5) is 16.1. The highest BCUT2D eigenvalue weighted by Gasteiger charge is 2.34. The monoisotopic (exact) mass is 601 g/mol. The SMILES string of the molecule is Cc1nc(OCCCS(C)(=O)=O)ccc1-c1cccc2c1OCCC(Oc1ccc(N3CC(=O)NS3(=O)=O)cc1)C2. The molecule has 2 aliphatic rings. The van der Waals surface area contributed by atoms with Crippen LogP contribution in [0.5, 0.6) is 17.4 Å². The first-order valence-electron chi connectivity index (χ1n) is 13.1. The molecule has 11 nitrogen and oxygen atoms in total. The van der Waals surface area contributed by atoms with Crippen LogP contribution in [0.15, 0.2) is 54.6 Å². The van der Waals surface area contributed by atoms with Crippen LogP contribution in [-0.4, -0.2) is 65.6 Å². The maximum Gasteiger partial charge on any atom is 0.326 e. The second-order valence-electron chi connectivity index (χ2n) is 10.0. The Morgan fingerprint density at radius 3 is 2.56 bits per heavy atom. The highest BCUT2D eigenvalue weighted by atomic mass is 32.2. The number of benzene rings is 2. The minimum atomic E-state index is -3.87. The first-order chi connectivity index (χ1) is 19.5. The molecule has 5 rings (SSSR count). The lowest BCUT2D eigenvalue weighted by atomic mass is 9.97. The molecule has 1 atom stereocenters. The van der Waals surface area contributed by atoms with Crippen LogP contribution in [0.1, 0.15) is 24.1 Å². The van der Waals surface area contributed by atoms with Crippen LogP contribution in [0, 0.1) is 6.92 Å². The summed E-state index contributed by atoms with van der Waals surface area (Å²) in [5, 5.41) is 0. The van der Waals surface area contributed by atoms with Crippen LogP contribution in [0.25, 0.3) is 11.1 Å². The van der Waals surface area contributed by atoms with Crippen molar-refractivity contribution in [2.45, 2.75) is 32.3 Å². The zero-order valence-electron chi connectivity index (χ0n) is 22.7. The number of nitrogens with zero attached hydrogens (tertiary/aromatic N) is 2. The lowest BCUT2D eigenvalue weighted by Gasteiger charge is -2.19. The van der Waals surface area contributed by atoms with Crippen LogP contribution in [0.3, 0.4) is 0 Å². The van der Waals surface area contributed by atoms with E-state index in [0.717, 1.165) is 32.4 Å². The summed E-state index contributed by atoms with van der Waals surface area (Å²) in [6, 6.07) is 16.3. The Morgan fingerprint density at radius 1 is 1.10 bits per heavy atom. The molecule has 0 bridgehead atoms. The number of rotatable bonds is 9. The van der Waals surface area contributed by atoms with E-state index in [-0.39, 0.29) is 25.0 Å². The molecule has 41 heavy (non-hydrogen) atoms. The predicted octanol–water partition coefficient (Wildman–Crippen LogP) is 2.82. The largest absolute Gasteiger partial charge is 0.493 e. The fourth-order valence-corrected chi connectivity index (χ4v) is 6.62. The van der Waals surface area contributed by atoms with E-state index in [0.29, 0.717) is 43.2 Å². The number of fused-ring (bicyclic) bond motifs is 1. The Balaban J connectivity index is 1.27. The minimum Gasteiger partial charge on any atom is -0.493 e. The van der Waals surface area contributed by atoms with Gasteiger partial charge in [0.25, 0.3) is 5.91 Å². The number of amides is 1. The maximum atomic E-state index is 12.1. The molecule has 0 radical (unpaired) electrons. The molecule has 2 aliphatic heterocycles. The number of sulfone groups is 1. The van der Waals surface area contributed by atoms with Gasteiger partial charge in [-0.25, -0.2) is 22.4 Å². The van der Waals surface area contributed by atoms with Gasteiger partial charge in [-0.05, 0) is 49.2 Å². The van der Waals surface area contributed by atoms with Gasteiger partial charge in [-0.2, -0.15) is 8.42 Å². The molecule has 3 aromatic rings. The van der Waals surface area contributed by atoms with Gasteiger partial charge >= 0.3 is 10.2 Å². The van der Waals surface area contributed by atoms with E-state index in [9.17, 15) is 21.6 Å². The summed E-state index contributed by atoms with van der Waals surface area (Å²) in [5.41, 5.74) is 3.96.